The first kappa shape index (κ1) is 13.3. The zero-order chi connectivity index (χ0) is 13.8. The summed E-state index contributed by atoms with van der Waals surface area (Å²) in [6.07, 6.45) is 0. The van der Waals surface area contributed by atoms with Crippen molar-refractivity contribution in [3.63, 3.8) is 0 Å². The molecule has 0 aliphatic rings. The van der Waals surface area contributed by atoms with E-state index in [4.69, 9.17) is 0 Å². The summed E-state index contributed by atoms with van der Waals surface area (Å²) < 4.78 is 13.6. The van der Waals surface area contributed by atoms with Crippen molar-refractivity contribution in [3.8, 4) is 0 Å². The average molecular weight is 257 g/mol. The number of hydrogen-bond donors (Lipinski definition) is 1. The number of carbonyl (C=O) groups excluding carboxylic acids is 1. The second-order valence-electron chi connectivity index (χ2n) is 4.66. The third-order valence-corrected chi connectivity index (χ3v) is 2.90. The Bertz CT molecular complexity index is 607. The van der Waals surface area contributed by atoms with Crippen molar-refractivity contribution in [3.05, 3.63) is 70.5 Å². The summed E-state index contributed by atoms with van der Waals surface area (Å²) in [4.78, 5) is 11.9. The van der Waals surface area contributed by atoms with E-state index in [-0.39, 0.29) is 11.5 Å². The number of benzene rings is 2. The number of amides is 1. The number of aryl methyl sites for hydroxylation is 2. The van der Waals surface area contributed by atoms with E-state index >= 15 is 0 Å². The number of carbonyl (C=O) groups is 1. The Morgan fingerprint density at radius 1 is 1.11 bits per heavy atom. The molecule has 98 valence electrons. The minimum Gasteiger partial charge on any atom is -0.348 e. The smallest absolute Gasteiger partial charge is 0.254 e. The van der Waals surface area contributed by atoms with Crippen LogP contribution < -0.4 is 5.32 Å². The molecule has 2 aromatic rings. The molecule has 0 aliphatic carbocycles. The predicted octanol–water partition coefficient (Wildman–Crippen LogP) is 3.37. The Hall–Kier alpha value is -2.16. The van der Waals surface area contributed by atoms with E-state index in [2.05, 4.69) is 5.32 Å². The van der Waals surface area contributed by atoms with Gasteiger partial charge in [-0.05, 0) is 37.1 Å². The molecule has 2 nitrogen and oxygen atoms in total. The van der Waals surface area contributed by atoms with E-state index < -0.39 is 5.82 Å². The quantitative estimate of drug-likeness (QED) is 0.897. The molecule has 0 atom stereocenters. The van der Waals surface area contributed by atoms with Gasteiger partial charge in [0.1, 0.15) is 5.82 Å². The Kier molecular flexibility index (Phi) is 3.95. The molecule has 0 heterocycles. The predicted molar refractivity (Wildman–Crippen MR) is 73.5 cm³/mol. The van der Waals surface area contributed by atoms with Crippen molar-refractivity contribution < 1.29 is 9.18 Å². The lowest BCUT2D eigenvalue weighted by molar-refractivity contribution is 0.0947. The highest BCUT2D eigenvalue weighted by Crippen LogP contribution is 2.10. The molecule has 0 spiro atoms. The van der Waals surface area contributed by atoms with Crippen LogP contribution >= 0.6 is 0 Å². The SMILES string of the molecule is Cc1cccc(CNC(=O)c2ccc(C)cc2F)c1. The Labute approximate surface area is 112 Å². The highest BCUT2D eigenvalue weighted by molar-refractivity contribution is 5.94. The third kappa shape index (κ3) is 3.41. The second-order valence-corrected chi connectivity index (χ2v) is 4.66. The van der Waals surface area contributed by atoms with Crippen LogP contribution in [0.4, 0.5) is 4.39 Å². The minimum atomic E-state index is -0.484. The number of halogens is 1. The zero-order valence-electron chi connectivity index (χ0n) is 11.0. The first-order valence-electron chi connectivity index (χ1n) is 6.16. The van der Waals surface area contributed by atoms with Gasteiger partial charge in [0.2, 0.25) is 0 Å². The lowest BCUT2D eigenvalue weighted by Gasteiger charge is -2.07. The van der Waals surface area contributed by atoms with E-state index in [0.717, 1.165) is 16.7 Å². The zero-order valence-corrected chi connectivity index (χ0v) is 11.0. The van der Waals surface area contributed by atoms with E-state index in [9.17, 15) is 9.18 Å². The molecule has 2 rings (SSSR count). The maximum absolute atomic E-state index is 13.6. The molecule has 1 amide bonds. The normalized spacial score (nSPS) is 10.3. The molecule has 0 saturated heterocycles. The van der Waals surface area contributed by atoms with Crippen molar-refractivity contribution in [1.82, 2.24) is 5.32 Å². The monoisotopic (exact) mass is 257 g/mol. The third-order valence-electron chi connectivity index (χ3n) is 2.90. The van der Waals surface area contributed by atoms with Crippen LogP contribution in [-0.4, -0.2) is 5.91 Å². The summed E-state index contributed by atoms with van der Waals surface area (Å²) >= 11 is 0. The van der Waals surface area contributed by atoms with Gasteiger partial charge in [-0.3, -0.25) is 4.79 Å². The summed E-state index contributed by atoms with van der Waals surface area (Å²) in [7, 11) is 0. The first-order chi connectivity index (χ1) is 9.06. The summed E-state index contributed by atoms with van der Waals surface area (Å²) in [6.45, 7) is 4.18. The van der Waals surface area contributed by atoms with Gasteiger partial charge in [0.25, 0.3) is 5.91 Å². The van der Waals surface area contributed by atoms with Gasteiger partial charge in [0, 0.05) is 6.54 Å². The standard InChI is InChI=1S/C16H16FNO/c1-11-4-3-5-13(8-11)10-18-16(19)14-7-6-12(2)9-15(14)17/h3-9H,10H2,1-2H3,(H,18,19). The lowest BCUT2D eigenvalue weighted by atomic mass is 10.1. The highest BCUT2D eigenvalue weighted by atomic mass is 19.1. The van der Waals surface area contributed by atoms with Crippen LogP contribution in [0.3, 0.4) is 0 Å². The van der Waals surface area contributed by atoms with E-state index in [1.807, 2.05) is 31.2 Å². The molecule has 19 heavy (non-hydrogen) atoms. The molecular weight excluding hydrogens is 241 g/mol. The van der Waals surface area contributed by atoms with Crippen LogP contribution in [0.15, 0.2) is 42.5 Å². The van der Waals surface area contributed by atoms with Crippen molar-refractivity contribution in [1.29, 1.82) is 0 Å². The van der Waals surface area contributed by atoms with Crippen LogP contribution in [-0.2, 0) is 6.54 Å². The summed E-state index contributed by atoms with van der Waals surface area (Å²) in [5.74, 6) is -0.874. The van der Waals surface area contributed by atoms with Crippen LogP contribution in [0, 0.1) is 19.7 Å². The molecule has 0 unspecified atom stereocenters. The van der Waals surface area contributed by atoms with Gasteiger partial charge in [0.05, 0.1) is 5.56 Å². The van der Waals surface area contributed by atoms with Crippen LogP contribution in [0.25, 0.3) is 0 Å². The van der Waals surface area contributed by atoms with E-state index in [1.165, 1.54) is 12.1 Å². The van der Waals surface area contributed by atoms with Crippen LogP contribution in [0.2, 0.25) is 0 Å². The van der Waals surface area contributed by atoms with Crippen molar-refractivity contribution >= 4 is 5.91 Å². The molecule has 3 heteroatoms. The molecule has 0 saturated carbocycles. The molecule has 0 fully saturated rings. The summed E-state index contributed by atoms with van der Waals surface area (Å²) in [5, 5.41) is 2.72. The molecule has 0 aromatic heterocycles. The second kappa shape index (κ2) is 5.65. The number of rotatable bonds is 3. The Morgan fingerprint density at radius 2 is 1.84 bits per heavy atom. The lowest BCUT2D eigenvalue weighted by Crippen LogP contribution is -2.23. The average Bonchev–Trinajstić information content (AvgIpc) is 2.36. The molecule has 1 N–H and O–H groups in total. The van der Waals surface area contributed by atoms with Gasteiger partial charge in [-0.15, -0.1) is 0 Å². The fourth-order valence-corrected chi connectivity index (χ4v) is 1.90. The van der Waals surface area contributed by atoms with E-state index in [0.29, 0.717) is 6.54 Å². The molecule has 0 radical (unpaired) electrons. The van der Waals surface area contributed by atoms with E-state index in [1.54, 1.807) is 13.0 Å². The summed E-state index contributed by atoms with van der Waals surface area (Å²) in [6, 6.07) is 12.4. The number of nitrogens with one attached hydrogen (secondary N) is 1. The highest BCUT2D eigenvalue weighted by Gasteiger charge is 2.10. The van der Waals surface area contributed by atoms with Crippen LogP contribution in [0.1, 0.15) is 27.0 Å². The minimum absolute atomic E-state index is 0.0817. The van der Waals surface area contributed by atoms with Gasteiger partial charge in [0.15, 0.2) is 0 Å². The summed E-state index contributed by atoms with van der Waals surface area (Å²) in [5.41, 5.74) is 3.01. The van der Waals surface area contributed by atoms with Gasteiger partial charge < -0.3 is 5.32 Å². The fraction of sp³-hybridized carbons (Fsp3) is 0.188. The Balaban J connectivity index is 2.05. The molecule has 0 aliphatic heterocycles. The molecule has 2 aromatic carbocycles. The molecule has 0 bridgehead atoms. The molecular formula is C16H16FNO. The largest absolute Gasteiger partial charge is 0.348 e. The van der Waals surface area contributed by atoms with Gasteiger partial charge in [-0.1, -0.05) is 35.9 Å². The van der Waals surface area contributed by atoms with Gasteiger partial charge >= 0.3 is 0 Å². The maximum Gasteiger partial charge on any atom is 0.254 e. The Morgan fingerprint density at radius 3 is 2.53 bits per heavy atom. The van der Waals surface area contributed by atoms with Crippen LogP contribution in [0.5, 0.6) is 0 Å². The van der Waals surface area contributed by atoms with Crippen molar-refractivity contribution in [2.75, 3.05) is 0 Å². The maximum atomic E-state index is 13.6. The first-order valence-corrected chi connectivity index (χ1v) is 6.16. The fourth-order valence-electron chi connectivity index (χ4n) is 1.90. The van der Waals surface area contributed by atoms with Gasteiger partial charge in [-0.2, -0.15) is 0 Å². The van der Waals surface area contributed by atoms with Crippen molar-refractivity contribution in [2.24, 2.45) is 0 Å². The number of hydrogen-bond acceptors (Lipinski definition) is 1. The van der Waals surface area contributed by atoms with Crippen molar-refractivity contribution in [2.45, 2.75) is 20.4 Å². The van der Waals surface area contributed by atoms with Gasteiger partial charge in [-0.25, -0.2) is 4.39 Å². The topological polar surface area (TPSA) is 29.1 Å².